The molecule has 1 N–H and O–H groups in total. The number of hydrogen-bond acceptors (Lipinski definition) is 4. The number of hydrogen-bond donors (Lipinski definition) is 1. The summed E-state index contributed by atoms with van der Waals surface area (Å²) < 4.78 is 14.3. The van der Waals surface area contributed by atoms with Gasteiger partial charge in [-0.3, -0.25) is 4.68 Å². The average molecular weight is 277 g/mol. The minimum atomic E-state index is -0.317. The summed E-state index contributed by atoms with van der Waals surface area (Å²) in [4.78, 5) is 0. The molecule has 2 fully saturated rings. The van der Waals surface area contributed by atoms with Crippen LogP contribution in [-0.2, 0) is 9.31 Å². The maximum absolute atomic E-state index is 6.12. The summed E-state index contributed by atoms with van der Waals surface area (Å²) in [5, 5.41) is 7.93. The van der Waals surface area contributed by atoms with Gasteiger partial charge in [0.2, 0.25) is 0 Å². The maximum atomic E-state index is 6.12. The molecule has 2 saturated heterocycles. The molecular formula is C14H24BN3O2. The molecule has 110 valence electrons. The van der Waals surface area contributed by atoms with Crippen LogP contribution in [0.3, 0.4) is 0 Å². The predicted molar refractivity (Wildman–Crippen MR) is 79.2 cm³/mol. The fraction of sp³-hybridized carbons (Fsp3) is 0.786. The Bertz CT molecular complexity index is 491. The van der Waals surface area contributed by atoms with Crippen LogP contribution in [0.15, 0.2) is 6.20 Å². The molecule has 1 aromatic heterocycles. The van der Waals surface area contributed by atoms with Crippen molar-refractivity contribution in [3.63, 3.8) is 0 Å². The maximum Gasteiger partial charge on any atom is 0.498 e. The highest BCUT2D eigenvalue weighted by Gasteiger charge is 2.52. The normalized spacial score (nSPS) is 28.2. The second-order valence-corrected chi connectivity index (χ2v) is 6.86. The van der Waals surface area contributed by atoms with Crippen LogP contribution in [-0.4, -0.2) is 41.2 Å². The molecule has 0 aliphatic carbocycles. The van der Waals surface area contributed by atoms with E-state index in [4.69, 9.17) is 9.31 Å². The van der Waals surface area contributed by atoms with Crippen molar-refractivity contribution in [3.8, 4) is 0 Å². The average Bonchev–Trinajstić information content (AvgIpc) is 2.99. The Morgan fingerprint density at radius 1 is 1.30 bits per heavy atom. The summed E-state index contributed by atoms with van der Waals surface area (Å²) in [5.74, 6) is 0. The lowest BCUT2D eigenvalue weighted by Gasteiger charge is -2.32. The molecule has 3 rings (SSSR count). The molecule has 5 nitrogen and oxygen atoms in total. The molecule has 2 aliphatic heterocycles. The molecule has 1 atom stereocenters. The van der Waals surface area contributed by atoms with Gasteiger partial charge in [-0.2, -0.15) is 5.10 Å². The minimum Gasteiger partial charge on any atom is -0.399 e. The van der Waals surface area contributed by atoms with Gasteiger partial charge < -0.3 is 14.6 Å². The first-order chi connectivity index (χ1) is 9.32. The Morgan fingerprint density at radius 2 is 1.95 bits per heavy atom. The highest BCUT2D eigenvalue weighted by molar-refractivity contribution is 6.62. The lowest BCUT2D eigenvalue weighted by molar-refractivity contribution is 0.00578. The number of nitrogens with one attached hydrogen (secondary N) is 1. The number of aromatic nitrogens is 2. The van der Waals surface area contributed by atoms with E-state index in [9.17, 15) is 0 Å². The van der Waals surface area contributed by atoms with Crippen LogP contribution in [0, 0.1) is 6.92 Å². The van der Waals surface area contributed by atoms with E-state index >= 15 is 0 Å². The van der Waals surface area contributed by atoms with Crippen molar-refractivity contribution < 1.29 is 9.31 Å². The van der Waals surface area contributed by atoms with Crippen LogP contribution in [0.25, 0.3) is 0 Å². The highest BCUT2D eigenvalue weighted by Crippen LogP contribution is 2.36. The van der Waals surface area contributed by atoms with E-state index in [2.05, 4.69) is 49.7 Å². The van der Waals surface area contributed by atoms with Crippen LogP contribution >= 0.6 is 0 Å². The second-order valence-electron chi connectivity index (χ2n) is 6.86. The van der Waals surface area contributed by atoms with Gasteiger partial charge in [0, 0.05) is 23.9 Å². The van der Waals surface area contributed by atoms with Gasteiger partial charge in [0.15, 0.2) is 0 Å². The van der Waals surface area contributed by atoms with E-state index in [1.807, 2.05) is 6.20 Å². The Labute approximate surface area is 121 Å². The van der Waals surface area contributed by atoms with Gasteiger partial charge in [-0.05, 0) is 47.6 Å². The van der Waals surface area contributed by atoms with Crippen molar-refractivity contribution >= 4 is 12.6 Å². The third-order valence-electron chi connectivity index (χ3n) is 4.97. The van der Waals surface area contributed by atoms with Gasteiger partial charge >= 0.3 is 7.12 Å². The van der Waals surface area contributed by atoms with Crippen LogP contribution in [0.5, 0.6) is 0 Å². The zero-order chi connectivity index (χ0) is 14.5. The van der Waals surface area contributed by atoms with Gasteiger partial charge in [-0.1, -0.05) is 0 Å². The van der Waals surface area contributed by atoms with Gasteiger partial charge in [-0.25, -0.2) is 0 Å². The van der Waals surface area contributed by atoms with E-state index < -0.39 is 0 Å². The van der Waals surface area contributed by atoms with Crippen LogP contribution in [0.4, 0.5) is 0 Å². The van der Waals surface area contributed by atoms with Crippen molar-refractivity contribution in [3.05, 3.63) is 11.9 Å². The summed E-state index contributed by atoms with van der Waals surface area (Å²) in [6, 6.07) is 0.450. The Balaban J connectivity index is 1.86. The molecule has 6 heteroatoms. The Morgan fingerprint density at radius 3 is 2.50 bits per heavy atom. The molecule has 3 heterocycles. The summed E-state index contributed by atoms with van der Waals surface area (Å²) >= 11 is 0. The molecule has 0 spiro atoms. The molecule has 0 amide bonds. The zero-order valence-corrected chi connectivity index (χ0v) is 13.1. The highest BCUT2D eigenvalue weighted by atomic mass is 16.7. The largest absolute Gasteiger partial charge is 0.498 e. The van der Waals surface area contributed by atoms with E-state index in [1.165, 1.54) is 0 Å². The molecule has 1 aromatic rings. The molecule has 20 heavy (non-hydrogen) atoms. The summed E-state index contributed by atoms with van der Waals surface area (Å²) in [7, 11) is -0.317. The third kappa shape index (κ3) is 2.10. The summed E-state index contributed by atoms with van der Waals surface area (Å²) in [6.07, 6.45) is 3.03. The Hall–Kier alpha value is -0.845. The van der Waals surface area contributed by atoms with E-state index in [0.717, 1.165) is 30.7 Å². The molecule has 0 saturated carbocycles. The quantitative estimate of drug-likeness (QED) is 0.820. The smallest absolute Gasteiger partial charge is 0.399 e. The van der Waals surface area contributed by atoms with Crippen molar-refractivity contribution in [2.45, 2.75) is 58.3 Å². The lowest BCUT2D eigenvalue weighted by Crippen LogP contribution is -2.41. The first kappa shape index (κ1) is 14.1. The summed E-state index contributed by atoms with van der Waals surface area (Å²) in [6.45, 7) is 12.5. The van der Waals surface area contributed by atoms with Crippen molar-refractivity contribution in [1.29, 1.82) is 0 Å². The van der Waals surface area contributed by atoms with Crippen LogP contribution in [0.2, 0.25) is 0 Å². The first-order valence-corrected chi connectivity index (χ1v) is 7.42. The monoisotopic (exact) mass is 277 g/mol. The Kier molecular flexibility index (Phi) is 3.23. The zero-order valence-electron chi connectivity index (χ0n) is 13.1. The molecule has 1 unspecified atom stereocenters. The SMILES string of the molecule is Cc1c(B2OC(C)(C)C(C)(C)O2)cnn1C1CCNC1. The van der Waals surface area contributed by atoms with Gasteiger partial charge in [0.1, 0.15) is 0 Å². The fourth-order valence-electron chi connectivity index (χ4n) is 2.85. The second kappa shape index (κ2) is 4.58. The topological polar surface area (TPSA) is 48.3 Å². The molecule has 0 aromatic carbocycles. The van der Waals surface area contributed by atoms with Crippen molar-refractivity contribution in [2.24, 2.45) is 0 Å². The van der Waals surface area contributed by atoms with Gasteiger partial charge in [0.05, 0.1) is 17.2 Å². The van der Waals surface area contributed by atoms with Crippen molar-refractivity contribution in [2.75, 3.05) is 13.1 Å². The standard InChI is InChI=1S/C14H24BN3O2/c1-10-12(9-17-18(10)11-6-7-16-8-11)15-19-13(2,3)14(4,5)20-15/h9,11,16H,6-8H2,1-5H3. The first-order valence-electron chi connectivity index (χ1n) is 7.42. The number of rotatable bonds is 2. The van der Waals surface area contributed by atoms with E-state index in [0.29, 0.717) is 6.04 Å². The molecule has 0 bridgehead atoms. The van der Waals surface area contributed by atoms with Crippen molar-refractivity contribution in [1.82, 2.24) is 15.1 Å². The fourth-order valence-corrected chi connectivity index (χ4v) is 2.85. The van der Waals surface area contributed by atoms with E-state index in [-0.39, 0.29) is 18.3 Å². The lowest BCUT2D eigenvalue weighted by atomic mass is 9.79. The third-order valence-corrected chi connectivity index (χ3v) is 4.97. The van der Waals surface area contributed by atoms with Gasteiger partial charge in [0.25, 0.3) is 0 Å². The predicted octanol–water partition coefficient (Wildman–Crippen LogP) is 1.03. The molecule has 2 aliphatic rings. The van der Waals surface area contributed by atoms with Crippen LogP contribution < -0.4 is 10.8 Å². The van der Waals surface area contributed by atoms with Gasteiger partial charge in [-0.15, -0.1) is 0 Å². The van der Waals surface area contributed by atoms with Crippen LogP contribution in [0.1, 0.15) is 45.9 Å². The molecule has 0 radical (unpaired) electrons. The van der Waals surface area contributed by atoms with E-state index in [1.54, 1.807) is 0 Å². The minimum absolute atomic E-state index is 0.304. The number of nitrogens with zero attached hydrogens (tertiary/aromatic N) is 2. The molecular weight excluding hydrogens is 253 g/mol. The summed E-state index contributed by atoms with van der Waals surface area (Å²) in [5.41, 5.74) is 1.59.